The van der Waals surface area contributed by atoms with Gasteiger partial charge in [-0.2, -0.15) is 4.99 Å². The minimum Gasteiger partial charge on any atom is -0.491 e. The van der Waals surface area contributed by atoms with Gasteiger partial charge in [-0.3, -0.25) is 0 Å². The summed E-state index contributed by atoms with van der Waals surface area (Å²) >= 11 is 0. The molecule has 0 aliphatic heterocycles. The molecule has 0 saturated carbocycles. The third kappa shape index (κ3) is 5.20. The largest absolute Gasteiger partial charge is 0.491 e. The van der Waals surface area contributed by atoms with E-state index in [-0.39, 0.29) is 18.0 Å². The fourth-order valence-corrected chi connectivity index (χ4v) is 1.28. The summed E-state index contributed by atoms with van der Waals surface area (Å²) in [5.74, 6) is 0.737. The van der Waals surface area contributed by atoms with Crippen LogP contribution in [0.5, 0.6) is 5.75 Å². The van der Waals surface area contributed by atoms with Crippen LogP contribution in [0, 0.1) is 6.92 Å². The molecule has 0 fully saturated rings. The smallest absolute Gasteiger partial charge is 0.218 e. The van der Waals surface area contributed by atoms with Gasteiger partial charge in [-0.15, -0.1) is 0 Å². The molecule has 0 spiro atoms. The third-order valence-electron chi connectivity index (χ3n) is 2.11. The highest BCUT2D eigenvalue weighted by atomic mass is 16.5. The van der Waals surface area contributed by atoms with Crippen molar-refractivity contribution < 1.29 is 4.74 Å². The van der Waals surface area contributed by atoms with Crippen molar-refractivity contribution in [2.45, 2.75) is 19.9 Å². The van der Waals surface area contributed by atoms with E-state index in [1.165, 1.54) is 5.56 Å². The van der Waals surface area contributed by atoms with Crippen LogP contribution in [-0.4, -0.2) is 24.6 Å². The Morgan fingerprint density at radius 3 is 2.39 bits per heavy atom. The Labute approximate surface area is 107 Å². The SMILES string of the molecule is Cc1ccc(OCC(C)N=C(N)N=C(N)N)cc1. The summed E-state index contributed by atoms with van der Waals surface area (Å²) in [4.78, 5) is 7.70. The van der Waals surface area contributed by atoms with E-state index < -0.39 is 0 Å². The van der Waals surface area contributed by atoms with E-state index in [1.54, 1.807) is 0 Å². The number of ether oxygens (including phenoxy) is 1. The molecule has 0 radical (unpaired) electrons. The van der Waals surface area contributed by atoms with Crippen LogP contribution >= 0.6 is 0 Å². The summed E-state index contributed by atoms with van der Waals surface area (Å²) in [6.07, 6.45) is 0. The third-order valence-corrected chi connectivity index (χ3v) is 2.11. The van der Waals surface area contributed by atoms with Crippen molar-refractivity contribution in [3.8, 4) is 5.75 Å². The average molecular weight is 249 g/mol. The van der Waals surface area contributed by atoms with Crippen molar-refractivity contribution in [2.24, 2.45) is 27.2 Å². The summed E-state index contributed by atoms with van der Waals surface area (Å²) in [7, 11) is 0. The average Bonchev–Trinajstić information content (AvgIpc) is 2.27. The van der Waals surface area contributed by atoms with Gasteiger partial charge >= 0.3 is 0 Å². The topological polar surface area (TPSA) is 112 Å². The van der Waals surface area contributed by atoms with Crippen molar-refractivity contribution in [1.82, 2.24) is 0 Å². The zero-order chi connectivity index (χ0) is 13.5. The Balaban J connectivity index is 2.48. The Morgan fingerprint density at radius 2 is 1.83 bits per heavy atom. The van der Waals surface area contributed by atoms with E-state index in [1.807, 2.05) is 38.1 Å². The van der Waals surface area contributed by atoms with Gasteiger partial charge in [0, 0.05) is 0 Å². The number of aryl methyl sites for hydroxylation is 1. The number of nitrogens with two attached hydrogens (primary N) is 3. The Morgan fingerprint density at radius 1 is 1.22 bits per heavy atom. The predicted molar refractivity (Wildman–Crippen MR) is 73.6 cm³/mol. The number of benzene rings is 1. The monoisotopic (exact) mass is 249 g/mol. The molecule has 0 amide bonds. The molecule has 1 aromatic rings. The van der Waals surface area contributed by atoms with E-state index in [0.29, 0.717) is 6.61 Å². The molecule has 6 nitrogen and oxygen atoms in total. The molecule has 98 valence electrons. The molecule has 18 heavy (non-hydrogen) atoms. The Bertz CT molecular complexity index is 434. The second-order valence-corrected chi connectivity index (χ2v) is 4.00. The summed E-state index contributed by atoms with van der Waals surface area (Å²) in [5, 5.41) is 0. The number of nitrogens with zero attached hydrogens (tertiary/aromatic N) is 2. The first kappa shape index (κ1) is 13.8. The van der Waals surface area contributed by atoms with Crippen LogP contribution in [0.2, 0.25) is 0 Å². The van der Waals surface area contributed by atoms with Gasteiger partial charge < -0.3 is 21.9 Å². The molecule has 0 saturated heterocycles. The summed E-state index contributed by atoms with van der Waals surface area (Å²) in [6, 6.07) is 7.65. The maximum absolute atomic E-state index is 5.56. The molecule has 1 unspecified atom stereocenters. The highest BCUT2D eigenvalue weighted by Gasteiger charge is 2.02. The van der Waals surface area contributed by atoms with Crippen molar-refractivity contribution >= 4 is 11.9 Å². The molecule has 1 aromatic carbocycles. The van der Waals surface area contributed by atoms with Crippen LogP contribution in [-0.2, 0) is 0 Å². The highest BCUT2D eigenvalue weighted by molar-refractivity contribution is 5.92. The first-order chi connectivity index (χ1) is 8.47. The second kappa shape index (κ2) is 6.48. The number of hydrogen-bond acceptors (Lipinski definition) is 2. The maximum atomic E-state index is 5.56. The molecule has 6 N–H and O–H groups in total. The molecular weight excluding hydrogens is 230 g/mol. The van der Waals surface area contributed by atoms with Gasteiger partial charge in [-0.05, 0) is 26.0 Å². The van der Waals surface area contributed by atoms with Crippen LogP contribution < -0.4 is 21.9 Å². The van der Waals surface area contributed by atoms with Crippen LogP contribution in [0.25, 0.3) is 0 Å². The normalized spacial score (nSPS) is 12.9. The summed E-state index contributed by atoms with van der Waals surface area (Å²) in [5.41, 5.74) is 17.1. The minimum absolute atomic E-state index is 0.0509. The number of guanidine groups is 2. The van der Waals surface area contributed by atoms with Gasteiger partial charge in [-0.25, -0.2) is 4.99 Å². The standard InChI is InChI=1S/C12H19N5O/c1-8-3-5-10(6-4-8)18-7-9(2)16-12(15)17-11(13)14/h3-6,9H,7H2,1-2H3,(H6,13,14,15,16,17). The van der Waals surface area contributed by atoms with Crippen LogP contribution in [0.15, 0.2) is 34.3 Å². The second-order valence-electron chi connectivity index (χ2n) is 4.00. The molecule has 1 atom stereocenters. The van der Waals surface area contributed by atoms with Gasteiger partial charge in [0.25, 0.3) is 0 Å². The lowest BCUT2D eigenvalue weighted by molar-refractivity contribution is 0.297. The first-order valence-electron chi connectivity index (χ1n) is 5.59. The van der Waals surface area contributed by atoms with Crippen LogP contribution in [0.1, 0.15) is 12.5 Å². The zero-order valence-electron chi connectivity index (χ0n) is 10.6. The molecule has 0 aliphatic rings. The van der Waals surface area contributed by atoms with E-state index >= 15 is 0 Å². The van der Waals surface area contributed by atoms with E-state index in [0.717, 1.165) is 5.75 Å². The molecule has 0 aliphatic carbocycles. The zero-order valence-corrected chi connectivity index (χ0v) is 10.6. The van der Waals surface area contributed by atoms with Gasteiger partial charge in [0.05, 0.1) is 6.04 Å². The lowest BCUT2D eigenvalue weighted by atomic mass is 10.2. The fourth-order valence-electron chi connectivity index (χ4n) is 1.28. The molecule has 0 bridgehead atoms. The maximum Gasteiger partial charge on any atom is 0.218 e. The number of rotatable bonds is 4. The van der Waals surface area contributed by atoms with Crippen LogP contribution in [0.4, 0.5) is 0 Å². The summed E-state index contributed by atoms with van der Waals surface area (Å²) < 4.78 is 5.56. The molecular formula is C12H19N5O. The first-order valence-corrected chi connectivity index (χ1v) is 5.59. The van der Waals surface area contributed by atoms with E-state index in [9.17, 15) is 0 Å². The van der Waals surface area contributed by atoms with Crippen molar-refractivity contribution in [3.05, 3.63) is 29.8 Å². The van der Waals surface area contributed by atoms with Gasteiger partial charge in [-0.1, -0.05) is 17.7 Å². The quantitative estimate of drug-likeness (QED) is 0.528. The van der Waals surface area contributed by atoms with Crippen molar-refractivity contribution in [1.29, 1.82) is 0 Å². The predicted octanol–water partition coefficient (Wildman–Crippen LogP) is 0.350. The van der Waals surface area contributed by atoms with Gasteiger partial charge in [0.2, 0.25) is 5.96 Å². The Hall–Kier alpha value is -2.24. The van der Waals surface area contributed by atoms with Crippen LogP contribution in [0.3, 0.4) is 0 Å². The number of hydrogen-bond donors (Lipinski definition) is 3. The van der Waals surface area contributed by atoms with Crippen molar-refractivity contribution in [2.75, 3.05) is 6.61 Å². The number of aliphatic imine (C=N–C) groups is 2. The van der Waals surface area contributed by atoms with Gasteiger partial charge in [0.1, 0.15) is 12.4 Å². The molecule has 1 rings (SSSR count). The summed E-state index contributed by atoms with van der Waals surface area (Å²) in [6.45, 7) is 4.29. The molecule has 0 aromatic heterocycles. The van der Waals surface area contributed by atoms with E-state index in [2.05, 4.69) is 9.98 Å². The Kier molecular flexibility index (Phi) is 4.98. The minimum atomic E-state index is -0.130. The molecule has 6 heteroatoms. The lowest BCUT2D eigenvalue weighted by Crippen LogP contribution is -2.27. The van der Waals surface area contributed by atoms with E-state index in [4.69, 9.17) is 21.9 Å². The van der Waals surface area contributed by atoms with Gasteiger partial charge in [0.15, 0.2) is 5.96 Å². The lowest BCUT2D eigenvalue weighted by Gasteiger charge is -2.09. The van der Waals surface area contributed by atoms with Crippen molar-refractivity contribution in [3.63, 3.8) is 0 Å². The molecule has 0 heterocycles. The highest BCUT2D eigenvalue weighted by Crippen LogP contribution is 2.11. The fraction of sp³-hybridized carbons (Fsp3) is 0.333.